The first-order valence-corrected chi connectivity index (χ1v) is 17.0. The minimum absolute atomic E-state index is 0.0186. The molecule has 0 heterocycles. The quantitative estimate of drug-likeness (QED) is 0.159. The van der Waals surface area contributed by atoms with Crippen LogP contribution >= 0.6 is 0 Å². The molecule has 0 fully saturated rings. The summed E-state index contributed by atoms with van der Waals surface area (Å²) in [4.78, 5) is 29.9. The first kappa shape index (κ1) is 34.2. The van der Waals surface area contributed by atoms with Crippen LogP contribution in [0, 0.1) is 13.8 Å². The van der Waals surface area contributed by atoms with Gasteiger partial charge in [-0.2, -0.15) is 0 Å². The Hall–Kier alpha value is -4.63. The van der Waals surface area contributed by atoms with E-state index in [-0.39, 0.29) is 23.8 Å². The molecule has 4 aromatic carbocycles. The average molecular weight is 642 g/mol. The third kappa shape index (κ3) is 8.97. The summed E-state index contributed by atoms with van der Waals surface area (Å²) in [7, 11) is -2.68. The molecule has 0 aliphatic carbocycles. The van der Waals surface area contributed by atoms with Crippen molar-refractivity contribution in [1.29, 1.82) is 0 Å². The predicted octanol–water partition coefficient (Wildman–Crippen LogP) is 6.06. The standard InChI is InChI=1S/C37H43N3O5S/c1-5-6-23-38-37(42)35(25-30-12-8-7-9-13-30)39(26-31-14-10-11-29(3)24-31)36(41)27-40(32-17-15-28(2)16-18-32)46(43,44)34-21-19-33(45-4)20-22-34/h7-22,24,35H,5-6,23,25-27H2,1-4H3,(H,38,42)/t35-/m0/s1. The van der Waals surface area contributed by atoms with Crippen molar-refractivity contribution in [2.45, 2.75) is 57.5 Å². The number of aryl methyl sites for hydroxylation is 2. The van der Waals surface area contributed by atoms with Gasteiger partial charge in [-0.05, 0) is 67.8 Å². The lowest BCUT2D eigenvalue weighted by molar-refractivity contribution is -0.140. The summed E-state index contributed by atoms with van der Waals surface area (Å²) in [6.45, 7) is 6.03. The van der Waals surface area contributed by atoms with Gasteiger partial charge in [-0.1, -0.05) is 91.2 Å². The maximum Gasteiger partial charge on any atom is 0.264 e. The summed E-state index contributed by atoms with van der Waals surface area (Å²) < 4.78 is 34.7. The molecule has 242 valence electrons. The molecule has 9 heteroatoms. The number of hydrogen-bond donors (Lipinski definition) is 1. The zero-order valence-corrected chi connectivity index (χ0v) is 27.8. The van der Waals surface area contributed by atoms with Gasteiger partial charge < -0.3 is 15.0 Å². The second-order valence-electron chi connectivity index (χ2n) is 11.4. The zero-order chi connectivity index (χ0) is 33.1. The van der Waals surface area contributed by atoms with Crippen LogP contribution in [-0.4, -0.2) is 51.4 Å². The Balaban J connectivity index is 1.78. The Morgan fingerprint density at radius 2 is 1.50 bits per heavy atom. The first-order valence-electron chi connectivity index (χ1n) is 15.5. The maximum absolute atomic E-state index is 14.5. The van der Waals surface area contributed by atoms with Crippen molar-refractivity contribution in [1.82, 2.24) is 10.2 Å². The number of unbranched alkanes of at least 4 members (excludes halogenated alkanes) is 1. The molecule has 46 heavy (non-hydrogen) atoms. The van der Waals surface area contributed by atoms with Crippen LogP contribution in [-0.2, 0) is 32.6 Å². The number of nitrogens with zero attached hydrogens (tertiary/aromatic N) is 2. The van der Waals surface area contributed by atoms with E-state index in [1.165, 1.54) is 24.1 Å². The Bertz CT molecular complexity index is 1690. The molecule has 2 amide bonds. The van der Waals surface area contributed by atoms with Crippen LogP contribution in [0.2, 0.25) is 0 Å². The van der Waals surface area contributed by atoms with Gasteiger partial charge in [0.25, 0.3) is 10.0 Å². The fourth-order valence-electron chi connectivity index (χ4n) is 5.18. The summed E-state index contributed by atoms with van der Waals surface area (Å²) >= 11 is 0. The van der Waals surface area contributed by atoms with E-state index in [2.05, 4.69) is 5.32 Å². The lowest BCUT2D eigenvalue weighted by atomic mass is 10.0. The van der Waals surface area contributed by atoms with Crippen molar-refractivity contribution < 1.29 is 22.7 Å². The third-order valence-corrected chi connectivity index (χ3v) is 9.57. The second kappa shape index (κ2) is 16.1. The molecular weight excluding hydrogens is 598 g/mol. The van der Waals surface area contributed by atoms with Crippen molar-refractivity contribution in [3.05, 3.63) is 125 Å². The van der Waals surface area contributed by atoms with Crippen molar-refractivity contribution in [2.75, 3.05) is 24.5 Å². The monoisotopic (exact) mass is 641 g/mol. The first-order chi connectivity index (χ1) is 22.1. The minimum atomic E-state index is -4.19. The average Bonchev–Trinajstić information content (AvgIpc) is 3.06. The minimum Gasteiger partial charge on any atom is -0.497 e. The number of methoxy groups -OCH3 is 1. The van der Waals surface area contributed by atoms with Gasteiger partial charge in [0.15, 0.2) is 0 Å². The van der Waals surface area contributed by atoms with Crippen molar-refractivity contribution in [3.63, 3.8) is 0 Å². The molecule has 0 aromatic heterocycles. The lowest BCUT2D eigenvalue weighted by Crippen LogP contribution is -2.53. The van der Waals surface area contributed by atoms with Crippen LogP contribution in [0.1, 0.15) is 42.0 Å². The zero-order valence-electron chi connectivity index (χ0n) is 27.0. The van der Waals surface area contributed by atoms with Crippen LogP contribution in [0.5, 0.6) is 5.75 Å². The van der Waals surface area contributed by atoms with E-state index in [0.717, 1.165) is 39.4 Å². The van der Waals surface area contributed by atoms with Crippen molar-refractivity contribution >= 4 is 27.5 Å². The summed E-state index contributed by atoms with van der Waals surface area (Å²) in [5, 5.41) is 3.02. The van der Waals surface area contributed by atoms with E-state index in [1.54, 1.807) is 36.4 Å². The van der Waals surface area contributed by atoms with Crippen LogP contribution in [0.3, 0.4) is 0 Å². The highest BCUT2D eigenvalue weighted by Gasteiger charge is 2.34. The lowest BCUT2D eigenvalue weighted by Gasteiger charge is -2.34. The molecule has 0 radical (unpaired) electrons. The van der Waals surface area contributed by atoms with Gasteiger partial charge in [0, 0.05) is 19.5 Å². The Morgan fingerprint density at radius 1 is 0.826 bits per heavy atom. The number of hydrogen-bond acceptors (Lipinski definition) is 5. The van der Waals surface area contributed by atoms with Crippen LogP contribution < -0.4 is 14.4 Å². The van der Waals surface area contributed by atoms with Crippen LogP contribution in [0.25, 0.3) is 0 Å². The number of carbonyl (C=O) groups is 2. The Kier molecular flexibility index (Phi) is 12.0. The molecule has 0 saturated heterocycles. The van der Waals surface area contributed by atoms with Crippen LogP contribution in [0.4, 0.5) is 5.69 Å². The van der Waals surface area contributed by atoms with Gasteiger partial charge in [0.1, 0.15) is 18.3 Å². The number of nitrogens with one attached hydrogen (secondary N) is 1. The van der Waals surface area contributed by atoms with Gasteiger partial charge in [0.2, 0.25) is 11.8 Å². The fourth-order valence-corrected chi connectivity index (χ4v) is 6.60. The topological polar surface area (TPSA) is 96.0 Å². The van der Waals surface area contributed by atoms with Gasteiger partial charge in [0.05, 0.1) is 17.7 Å². The highest BCUT2D eigenvalue weighted by Crippen LogP contribution is 2.27. The largest absolute Gasteiger partial charge is 0.497 e. The predicted molar refractivity (Wildman–Crippen MR) is 182 cm³/mol. The normalized spacial score (nSPS) is 11.8. The molecule has 4 aromatic rings. The number of rotatable bonds is 15. The molecule has 1 atom stereocenters. The highest BCUT2D eigenvalue weighted by atomic mass is 32.2. The third-order valence-electron chi connectivity index (χ3n) is 7.78. The Morgan fingerprint density at radius 3 is 2.13 bits per heavy atom. The summed E-state index contributed by atoms with van der Waals surface area (Å²) in [6.07, 6.45) is 1.98. The molecule has 0 aliphatic heterocycles. The van der Waals surface area contributed by atoms with E-state index >= 15 is 0 Å². The smallest absolute Gasteiger partial charge is 0.264 e. The molecule has 8 nitrogen and oxygen atoms in total. The summed E-state index contributed by atoms with van der Waals surface area (Å²) in [5.74, 6) is -0.261. The SMILES string of the molecule is CCCCNC(=O)[C@H](Cc1ccccc1)N(Cc1cccc(C)c1)C(=O)CN(c1ccc(C)cc1)S(=O)(=O)c1ccc(OC)cc1. The summed E-state index contributed by atoms with van der Waals surface area (Å²) in [5.41, 5.74) is 4.04. The number of benzene rings is 4. The molecule has 0 aliphatic rings. The van der Waals surface area contributed by atoms with Gasteiger partial charge in [-0.3, -0.25) is 13.9 Å². The van der Waals surface area contributed by atoms with Gasteiger partial charge in [-0.15, -0.1) is 0 Å². The van der Waals surface area contributed by atoms with E-state index in [4.69, 9.17) is 4.74 Å². The fraction of sp³-hybridized carbons (Fsp3) is 0.297. The molecular formula is C37H43N3O5S. The van der Waals surface area contributed by atoms with Crippen molar-refractivity contribution in [3.8, 4) is 5.75 Å². The number of anilines is 1. The number of ether oxygens (including phenoxy) is 1. The molecule has 0 saturated carbocycles. The van der Waals surface area contributed by atoms with Crippen LogP contribution in [0.15, 0.2) is 108 Å². The molecule has 4 rings (SSSR count). The van der Waals surface area contributed by atoms with Crippen molar-refractivity contribution in [2.24, 2.45) is 0 Å². The van der Waals surface area contributed by atoms with Gasteiger partial charge >= 0.3 is 0 Å². The maximum atomic E-state index is 14.5. The van der Waals surface area contributed by atoms with E-state index < -0.39 is 28.5 Å². The second-order valence-corrected chi connectivity index (χ2v) is 13.2. The number of carbonyl (C=O) groups excluding carboxylic acids is 2. The Labute approximate surface area is 273 Å². The highest BCUT2D eigenvalue weighted by molar-refractivity contribution is 7.92. The number of sulfonamides is 1. The van der Waals surface area contributed by atoms with E-state index in [9.17, 15) is 18.0 Å². The van der Waals surface area contributed by atoms with Gasteiger partial charge in [-0.25, -0.2) is 8.42 Å². The molecule has 0 unspecified atom stereocenters. The number of amides is 2. The molecule has 1 N–H and O–H groups in total. The molecule has 0 spiro atoms. The molecule has 0 bridgehead atoms. The van der Waals surface area contributed by atoms with E-state index in [1.807, 2.05) is 75.4 Å². The summed E-state index contributed by atoms with van der Waals surface area (Å²) in [6, 6.07) is 29.5. The van der Waals surface area contributed by atoms with E-state index in [0.29, 0.717) is 18.0 Å².